The Morgan fingerprint density at radius 3 is 2.95 bits per heavy atom. The summed E-state index contributed by atoms with van der Waals surface area (Å²) in [5.74, 6) is 0.853. The van der Waals surface area contributed by atoms with Crippen molar-refractivity contribution < 1.29 is 14.1 Å². The van der Waals surface area contributed by atoms with E-state index < -0.39 is 5.41 Å². The quantitative estimate of drug-likeness (QED) is 0.740. The Balaban J connectivity index is 1.89. The highest BCUT2D eigenvalue weighted by molar-refractivity contribution is 7.13. The van der Waals surface area contributed by atoms with Gasteiger partial charge in [0.05, 0.1) is 14.9 Å². The molecule has 0 radical (unpaired) electrons. The smallest absolute Gasteiger partial charge is 0.325 e. The van der Waals surface area contributed by atoms with Crippen molar-refractivity contribution in [1.82, 2.24) is 9.99 Å². The molecule has 2 saturated heterocycles. The second-order valence-electron chi connectivity index (χ2n) is 6.94. The van der Waals surface area contributed by atoms with Gasteiger partial charge < -0.3 is 9.84 Å². The fraction of sp³-hybridized carbons (Fsp3) is 0.857. The van der Waals surface area contributed by atoms with Gasteiger partial charge in [0.15, 0.2) is 0 Å². The summed E-state index contributed by atoms with van der Waals surface area (Å²) in [7, 11) is 4.62. The number of hydrogen-bond acceptors (Lipinski definition) is 4. The monoisotopic (exact) mass is 330 g/mol. The lowest BCUT2D eigenvalue weighted by Gasteiger charge is -2.30. The van der Waals surface area contributed by atoms with Gasteiger partial charge in [0, 0.05) is 12.6 Å². The fourth-order valence-electron chi connectivity index (χ4n) is 4.56. The van der Waals surface area contributed by atoms with E-state index in [9.17, 15) is 9.59 Å². The standard InChI is InChI=1S/C14H24N2O3P2/c1-8-3-2-4-10-9(5-8)14(13(18)15-10)6-11(12(17)19-21)16(20)7-14/h8-11H,2-7,20-21H2,1H3,(H,15,18). The van der Waals surface area contributed by atoms with Crippen LogP contribution in [0.25, 0.3) is 0 Å². The van der Waals surface area contributed by atoms with Gasteiger partial charge in [0.2, 0.25) is 5.91 Å². The minimum atomic E-state index is -0.422. The summed E-state index contributed by atoms with van der Waals surface area (Å²) in [6.07, 6.45) is 5.13. The number of carbonyl (C=O) groups is 2. The Bertz CT molecular complexity index is 462. The number of rotatable bonds is 1. The Hall–Kier alpha value is -0.240. The highest BCUT2D eigenvalue weighted by Crippen LogP contribution is 2.52. The van der Waals surface area contributed by atoms with Crippen LogP contribution in [0.4, 0.5) is 0 Å². The SMILES string of the molecule is CC1CCCC2NC(=O)C3(CC(C(=O)OP)N(P)C3)C2C1. The average Bonchev–Trinajstić information content (AvgIpc) is 2.83. The molecule has 21 heavy (non-hydrogen) atoms. The van der Waals surface area contributed by atoms with Gasteiger partial charge in [0.1, 0.15) is 6.04 Å². The van der Waals surface area contributed by atoms with Crippen molar-refractivity contribution in [2.24, 2.45) is 17.3 Å². The zero-order chi connectivity index (χ0) is 15.2. The van der Waals surface area contributed by atoms with E-state index in [1.165, 1.54) is 12.8 Å². The molecular weight excluding hydrogens is 306 g/mol. The molecule has 3 rings (SSSR count). The maximum absolute atomic E-state index is 12.7. The molecule has 0 aromatic carbocycles. The van der Waals surface area contributed by atoms with E-state index in [0.717, 1.165) is 12.8 Å². The highest BCUT2D eigenvalue weighted by atomic mass is 31.0. The van der Waals surface area contributed by atoms with E-state index in [-0.39, 0.29) is 24.0 Å². The Morgan fingerprint density at radius 1 is 1.48 bits per heavy atom. The number of hydrogen-bond donors (Lipinski definition) is 1. The van der Waals surface area contributed by atoms with Crippen molar-refractivity contribution in [3.8, 4) is 0 Å². The molecule has 1 aliphatic carbocycles. The van der Waals surface area contributed by atoms with Crippen LogP contribution in [0.15, 0.2) is 0 Å². The first-order chi connectivity index (χ1) is 9.98. The van der Waals surface area contributed by atoms with Crippen LogP contribution in [0.3, 0.4) is 0 Å². The van der Waals surface area contributed by atoms with E-state index in [1.54, 1.807) is 0 Å². The van der Waals surface area contributed by atoms with E-state index in [4.69, 9.17) is 4.52 Å². The summed E-state index contributed by atoms with van der Waals surface area (Å²) < 4.78 is 6.72. The van der Waals surface area contributed by atoms with Crippen molar-refractivity contribution in [3.63, 3.8) is 0 Å². The van der Waals surface area contributed by atoms with Gasteiger partial charge in [-0.3, -0.25) is 14.3 Å². The van der Waals surface area contributed by atoms with Gasteiger partial charge in [-0.2, -0.15) is 0 Å². The molecule has 1 spiro atoms. The van der Waals surface area contributed by atoms with Crippen LogP contribution in [0.5, 0.6) is 0 Å². The zero-order valence-corrected chi connectivity index (χ0v) is 14.7. The topological polar surface area (TPSA) is 58.6 Å². The van der Waals surface area contributed by atoms with Crippen molar-refractivity contribution in [2.75, 3.05) is 6.54 Å². The second-order valence-corrected chi connectivity index (χ2v) is 7.84. The van der Waals surface area contributed by atoms with Gasteiger partial charge in [-0.05, 0) is 31.1 Å². The average molecular weight is 330 g/mol. The summed E-state index contributed by atoms with van der Waals surface area (Å²) in [6, 6.07) is -0.0535. The molecule has 3 fully saturated rings. The Morgan fingerprint density at radius 2 is 2.24 bits per heavy atom. The molecule has 2 heterocycles. The molecule has 118 valence electrons. The third-order valence-electron chi connectivity index (χ3n) is 5.64. The summed E-state index contributed by atoms with van der Waals surface area (Å²) in [5, 5.41) is 3.21. The van der Waals surface area contributed by atoms with Gasteiger partial charge in [-0.25, -0.2) is 0 Å². The normalized spacial score (nSPS) is 43.5. The van der Waals surface area contributed by atoms with Crippen LogP contribution in [0, 0.1) is 17.3 Å². The first kappa shape index (κ1) is 15.6. The van der Waals surface area contributed by atoms with E-state index >= 15 is 0 Å². The first-order valence-corrected chi connectivity index (χ1v) is 8.69. The molecule has 0 aromatic rings. The predicted molar refractivity (Wildman–Crippen MR) is 86.1 cm³/mol. The van der Waals surface area contributed by atoms with Crippen molar-refractivity contribution >= 4 is 30.7 Å². The second kappa shape index (κ2) is 5.76. The summed E-state index contributed by atoms with van der Waals surface area (Å²) in [4.78, 5) is 24.6. The molecule has 7 atom stereocenters. The zero-order valence-electron chi connectivity index (χ0n) is 12.4. The largest absolute Gasteiger partial charge is 0.450 e. The summed E-state index contributed by atoms with van der Waals surface area (Å²) in [6.45, 7) is 2.91. The molecule has 7 unspecified atom stereocenters. The number of carbonyl (C=O) groups excluding carboxylic acids is 2. The number of fused-ring (bicyclic) bond motifs is 2. The molecule has 0 aromatic heterocycles. The van der Waals surface area contributed by atoms with Crippen LogP contribution >= 0.6 is 18.9 Å². The molecular formula is C14H24N2O3P2. The van der Waals surface area contributed by atoms with Crippen molar-refractivity contribution in [1.29, 1.82) is 0 Å². The maximum Gasteiger partial charge on any atom is 0.325 e. The highest BCUT2D eigenvalue weighted by Gasteiger charge is 2.61. The minimum Gasteiger partial charge on any atom is -0.450 e. The van der Waals surface area contributed by atoms with Crippen LogP contribution in [-0.4, -0.2) is 35.2 Å². The van der Waals surface area contributed by atoms with E-state index in [2.05, 4.69) is 21.6 Å². The molecule has 1 N–H and O–H groups in total. The first-order valence-electron chi connectivity index (χ1n) is 7.71. The molecule has 5 nitrogen and oxygen atoms in total. The molecule has 7 heteroatoms. The van der Waals surface area contributed by atoms with Crippen LogP contribution in [0.2, 0.25) is 0 Å². The Kier molecular flexibility index (Phi) is 4.29. The lowest BCUT2D eigenvalue weighted by molar-refractivity contribution is -0.136. The van der Waals surface area contributed by atoms with E-state index in [0.29, 0.717) is 24.8 Å². The number of amides is 1. The van der Waals surface area contributed by atoms with Gasteiger partial charge >= 0.3 is 5.97 Å². The molecule has 1 saturated carbocycles. The molecule has 0 bridgehead atoms. The van der Waals surface area contributed by atoms with Crippen LogP contribution in [-0.2, 0) is 14.1 Å². The van der Waals surface area contributed by atoms with Crippen LogP contribution in [0.1, 0.15) is 39.0 Å². The number of nitrogens with one attached hydrogen (secondary N) is 1. The third kappa shape index (κ3) is 2.52. The van der Waals surface area contributed by atoms with Gasteiger partial charge in [-0.1, -0.05) is 29.2 Å². The summed E-state index contributed by atoms with van der Waals surface area (Å²) in [5.41, 5.74) is -0.422. The van der Waals surface area contributed by atoms with Gasteiger partial charge in [-0.15, -0.1) is 0 Å². The van der Waals surface area contributed by atoms with Gasteiger partial charge in [0.25, 0.3) is 0 Å². The Labute approximate surface area is 130 Å². The predicted octanol–water partition coefficient (Wildman–Crippen LogP) is 1.50. The fourth-order valence-corrected chi connectivity index (χ4v) is 5.27. The lowest BCUT2D eigenvalue weighted by atomic mass is 9.70. The minimum absolute atomic E-state index is 0.137. The lowest BCUT2D eigenvalue weighted by Crippen LogP contribution is -2.37. The van der Waals surface area contributed by atoms with Crippen LogP contribution < -0.4 is 5.32 Å². The number of nitrogens with zero attached hydrogens (tertiary/aromatic N) is 1. The van der Waals surface area contributed by atoms with E-state index in [1.807, 2.05) is 14.1 Å². The van der Waals surface area contributed by atoms with Crippen molar-refractivity contribution in [3.05, 3.63) is 0 Å². The third-order valence-corrected chi connectivity index (χ3v) is 6.42. The molecule has 3 aliphatic rings. The molecule has 2 aliphatic heterocycles. The molecule has 1 amide bonds. The maximum atomic E-state index is 12.7. The summed E-state index contributed by atoms with van der Waals surface area (Å²) >= 11 is 0. The van der Waals surface area contributed by atoms with Crippen molar-refractivity contribution in [2.45, 2.75) is 51.1 Å².